The lowest BCUT2D eigenvalue weighted by Crippen LogP contribution is -2.40. The van der Waals surface area contributed by atoms with Crippen LogP contribution in [0.5, 0.6) is 0 Å². The Morgan fingerprint density at radius 2 is 1.62 bits per heavy atom. The SMILES string of the molecule is CCC(CC)(CC(O)Br)[Si](C)(C)C. The largest absolute Gasteiger partial charge is 0.382 e. The highest BCUT2D eigenvalue weighted by Gasteiger charge is 2.40. The van der Waals surface area contributed by atoms with Crippen molar-refractivity contribution in [2.24, 2.45) is 0 Å². The predicted octanol–water partition coefficient (Wildman–Crippen LogP) is 3.99. The molecule has 0 aromatic heterocycles. The molecule has 0 saturated carbocycles. The number of aliphatic hydroxyl groups is 1. The molecule has 0 saturated heterocycles. The highest BCUT2D eigenvalue weighted by molar-refractivity contribution is 9.09. The minimum absolute atomic E-state index is 0.334. The second-order valence-corrected chi connectivity index (χ2v) is 11.5. The first kappa shape index (κ1) is 13.7. The van der Waals surface area contributed by atoms with Crippen molar-refractivity contribution in [1.82, 2.24) is 0 Å². The van der Waals surface area contributed by atoms with Crippen LogP contribution >= 0.6 is 15.9 Å². The van der Waals surface area contributed by atoms with Crippen LogP contribution in [0.4, 0.5) is 0 Å². The fraction of sp³-hybridized carbons (Fsp3) is 1.00. The lowest BCUT2D eigenvalue weighted by Gasteiger charge is -2.43. The van der Waals surface area contributed by atoms with E-state index in [9.17, 15) is 5.11 Å². The normalized spacial score (nSPS) is 15.9. The molecular weight excluding hydrogens is 244 g/mol. The van der Waals surface area contributed by atoms with Gasteiger partial charge in [0.25, 0.3) is 0 Å². The third-order valence-corrected chi connectivity index (χ3v) is 7.92. The summed E-state index contributed by atoms with van der Waals surface area (Å²) in [5, 5.41) is 9.50. The first-order chi connectivity index (χ1) is 5.79. The summed E-state index contributed by atoms with van der Waals surface area (Å²) >= 11 is 3.26. The van der Waals surface area contributed by atoms with Gasteiger partial charge in [-0.2, -0.15) is 0 Å². The number of hydrogen-bond acceptors (Lipinski definition) is 1. The van der Waals surface area contributed by atoms with Gasteiger partial charge in [-0.25, -0.2) is 0 Å². The van der Waals surface area contributed by atoms with Gasteiger partial charge in [0, 0.05) is 0 Å². The van der Waals surface area contributed by atoms with Crippen LogP contribution in [0.25, 0.3) is 0 Å². The predicted molar refractivity (Wildman–Crippen MR) is 66.2 cm³/mol. The molecule has 1 nitrogen and oxygen atoms in total. The Balaban J connectivity index is 4.70. The van der Waals surface area contributed by atoms with E-state index in [0.717, 1.165) is 6.42 Å². The second kappa shape index (κ2) is 4.94. The lowest BCUT2D eigenvalue weighted by molar-refractivity contribution is 0.228. The Labute approximate surface area is 92.1 Å². The van der Waals surface area contributed by atoms with Gasteiger partial charge in [-0.3, -0.25) is 0 Å². The smallest absolute Gasteiger partial charge is 0.109 e. The third-order valence-electron chi connectivity index (χ3n) is 3.50. The molecule has 0 amide bonds. The van der Waals surface area contributed by atoms with Crippen LogP contribution in [0.2, 0.25) is 24.7 Å². The average Bonchev–Trinajstić information content (AvgIpc) is 1.97. The molecule has 13 heavy (non-hydrogen) atoms. The summed E-state index contributed by atoms with van der Waals surface area (Å²) in [6.45, 7) is 11.7. The molecule has 0 aliphatic heterocycles. The van der Waals surface area contributed by atoms with E-state index in [1.165, 1.54) is 12.8 Å². The Hall–Kier alpha value is 0.657. The van der Waals surface area contributed by atoms with Crippen molar-refractivity contribution in [3.63, 3.8) is 0 Å². The van der Waals surface area contributed by atoms with Crippen molar-refractivity contribution < 1.29 is 5.11 Å². The van der Waals surface area contributed by atoms with E-state index >= 15 is 0 Å². The van der Waals surface area contributed by atoms with E-state index in [-0.39, 0.29) is 5.01 Å². The minimum atomic E-state index is -1.19. The molecule has 0 bridgehead atoms. The highest BCUT2D eigenvalue weighted by atomic mass is 79.9. The Morgan fingerprint density at radius 3 is 1.69 bits per heavy atom. The van der Waals surface area contributed by atoms with Gasteiger partial charge in [0.2, 0.25) is 0 Å². The molecule has 1 atom stereocenters. The topological polar surface area (TPSA) is 20.2 Å². The van der Waals surface area contributed by atoms with Crippen LogP contribution in [0.15, 0.2) is 0 Å². The van der Waals surface area contributed by atoms with Crippen LogP contribution in [0.1, 0.15) is 33.1 Å². The number of rotatable bonds is 5. The zero-order chi connectivity index (χ0) is 10.7. The van der Waals surface area contributed by atoms with E-state index in [1.807, 2.05) is 0 Å². The van der Waals surface area contributed by atoms with Gasteiger partial charge in [0.1, 0.15) is 5.01 Å². The maximum Gasteiger partial charge on any atom is 0.109 e. The molecule has 80 valence electrons. The zero-order valence-electron chi connectivity index (χ0n) is 9.52. The maximum atomic E-state index is 9.45. The fourth-order valence-electron chi connectivity index (χ4n) is 2.23. The molecule has 1 N–H and O–H groups in total. The monoisotopic (exact) mass is 266 g/mol. The average molecular weight is 267 g/mol. The zero-order valence-corrected chi connectivity index (χ0v) is 12.1. The van der Waals surface area contributed by atoms with E-state index in [1.54, 1.807) is 0 Å². The van der Waals surface area contributed by atoms with Gasteiger partial charge < -0.3 is 5.11 Å². The van der Waals surface area contributed by atoms with Crippen molar-refractivity contribution in [1.29, 1.82) is 0 Å². The molecule has 0 aliphatic rings. The van der Waals surface area contributed by atoms with Gasteiger partial charge >= 0.3 is 0 Å². The maximum absolute atomic E-state index is 9.45. The number of hydrogen-bond donors (Lipinski definition) is 1. The Bertz CT molecular complexity index is 147. The van der Waals surface area contributed by atoms with Gasteiger partial charge in [-0.05, 0) is 11.5 Å². The summed E-state index contributed by atoms with van der Waals surface area (Å²) in [7, 11) is -1.19. The van der Waals surface area contributed by atoms with Gasteiger partial charge in [-0.1, -0.05) is 62.3 Å². The molecule has 0 heterocycles. The molecule has 3 heteroatoms. The summed E-state index contributed by atoms with van der Waals surface area (Å²) < 4.78 is 0. The first-order valence-corrected chi connectivity index (χ1v) is 9.53. The van der Waals surface area contributed by atoms with Gasteiger partial charge in [0.05, 0.1) is 8.07 Å². The molecule has 0 spiro atoms. The molecule has 0 aromatic carbocycles. The van der Waals surface area contributed by atoms with Crippen LogP contribution in [0.3, 0.4) is 0 Å². The van der Waals surface area contributed by atoms with Crippen LogP contribution in [0, 0.1) is 0 Å². The lowest BCUT2D eigenvalue weighted by atomic mass is 9.98. The summed E-state index contributed by atoms with van der Waals surface area (Å²) in [4.78, 5) is 0. The Morgan fingerprint density at radius 1 is 1.23 bits per heavy atom. The number of aliphatic hydroxyl groups excluding tert-OH is 1. The van der Waals surface area contributed by atoms with Crippen molar-refractivity contribution in [2.75, 3.05) is 0 Å². The summed E-state index contributed by atoms with van der Waals surface area (Å²) in [5.74, 6) is 0. The first-order valence-electron chi connectivity index (χ1n) is 5.11. The second-order valence-electron chi connectivity index (χ2n) is 4.88. The fourth-order valence-corrected chi connectivity index (χ4v) is 6.07. The van der Waals surface area contributed by atoms with E-state index in [2.05, 4.69) is 49.4 Å². The van der Waals surface area contributed by atoms with Gasteiger partial charge in [-0.15, -0.1) is 0 Å². The third kappa shape index (κ3) is 3.37. The Kier molecular flexibility index (Phi) is 5.19. The van der Waals surface area contributed by atoms with Crippen molar-refractivity contribution in [2.45, 2.75) is 62.8 Å². The van der Waals surface area contributed by atoms with Crippen molar-refractivity contribution >= 4 is 24.0 Å². The van der Waals surface area contributed by atoms with Crippen molar-refractivity contribution in [3.05, 3.63) is 0 Å². The summed E-state index contributed by atoms with van der Waals surface area (Å²) in [5.41, 5.74) is 0. The summed E-state index contributed by atoms with van der Waals surface area (Å²) in [6, 6.07) is 0. The molecule has 0 aromatic rings. The molecule has 0 fully saturated rings. The molecule has 1 unspecified atom stereocenters. The van der Waals surface area contributed by atoms with Crippen LogP contribution < -0.4 is 0 Å². The standard InChI is InChI=1S/C10H23BrOSi/c1-6-10(7-2,8-9(11)12)13(3,4)5/h9,12H,6-8H2,1-5H3. The number of halogens is 1. The summed E-state index contributed by atoms with van der Waals surface area (Å²) in [6.07, 6.45) is 3.26. The molecule has 0 radical (unpaired) electrons. The van der Waals surface area contributed by atoms with E-state index in [0.29, 0.717) is 5.04 Å². The molecular formula is C10H23BrOSi. The minimum Gasteiger partial charge on any atom is -0.382 e. The van der Waals surface area contributed by atoms with E-state index < -0.39 is 8.07 Å². The van der Waals surface area contributed by atoms with Crippen molar-refractivity contribution in [3.8, 4) is 0 Å². The number of alkyl halides is 1. The van der Waals surface area contributed by atoms with Gasteiger partial charge in [0.15, 0.2) is 0 Å². The quantitative estimate of drug-likeness (QED) is 0.590. The molecule has 0 rings (SSSR count). The van der Waals surface area contributed by atoms with Crippen LogP contribution in [-0.2, 0) is 0 Å². The van der Waals surface area contributed by atoms with Crippen LogP contribution in [-0.4, -0.2) is 18.2 Å². The molecule has 0 aliphatic carbocycles. The van der Waals surface area contributed by atoms with E-state index in [4.69, 9.17) is 0 Å². The highest BCUT2D eigenvalue weighted by Crippen LogP contribution is 2.49.